The minimum atomic E-state index is -4.64. The fourth-order valence-electron chi connectivity index (χ4n) is 4.48. The predicted octanol–water partition coefficient (Wildman–Crippen LogP) is 7.34. The largest absolute Gasteiger partial charge is 0.416 e. The summed E-state index contributed by atoms with van der Waals surface area (Å²) in [7, 11) is -3.37. The zero-order valence-electron chi connectivity index (χ0n) is 21.4. The summed E-state index contributed by atoms with van der Waals surface area (Å²) in [6.45, 7) is 1.81. The number of nitrogens with one attached hydrogen (secondary N) is 1. The van der Waals surface area contributed by atoms with Gasteiger partial charge in [0, 0.05) is 22.3 Å². The van der Waals surface area contributed by atoms with Crippen LogP contribution in [0.4, 0.5) is 26.3 Å². The van der Waals surface area contributed by atoms with E-state index in [4.69, 9.17) is 0 Å². The molecule has 0 saturated carbocycles. The van der Waals surface area contributed by atoms with E-state index in [0.29, 0.717) is 11.3 Å². The summed E-state index contributed by atoms with van der Waals surface area (Å²) in [6.07, 6.45) is -7.55. The third-order valence-electron chi connectivity index (χ3n) is 6.38. The van der Waals surface area contributed by atoms with Crippen molar-refractivity contribution in [2.75, 3.05) is 0 Å². The number of nitrogens with zero attached hydrogens (tertiary/aromatic N) is 1. The van der Waals surface area contributed by atoms with E-state index < -0.39 is 38.7 Å². The molecule has 4 aromatic rings. The van der Waals surface area contributed by atoms with Crippen LogP contribution in [0.25, 0.3) is 0 Å². The van der Waals surface area contributed by atoms with Crippen LogP contribution in [0.3, 0.4) is 0 Å². The highest BCUT2D eigenvalue weighted by molar-refractivity contribution is 7.97. The number of aryl methyl sites for hydroxylation is 1. The van der Waals surface area contributed by atoms with Gasteiger partial charge in [-0.25, -0.2) is 4.72 Å². The van der Waals surface area contributed by atoms with Crippen LogP contribution in [0.2, 0.25) is 0 Å². The maximum Gasteiger partial charge on any atom is 0.416 e. The van der Waals surface area contributed by atoms with Gasteiger partial charge in [-0.15, -0.1) is 0 Å². The first-order valence-corrected chi connectivity index (χ1v) is 14.0. The molecule has 0 aliphatic heterocycles. The zero-order chi connectivity index (χ0) is 29.2. The van der Waals surface area contributed by atoms with Crippen LogP contribution in [0.15, 0.2) is 97.2 Å². The van der Waals surface area contributed by atoms with E-state index in [1.165, 1.54) is 24.3 Å². The van der Waals surface area contributed by atoms with Crippen molar-refractivity contribution in [1.82, 2.24) is 9.71 Å². The monoisotopic (exact) mass is 576 g/mol. The Morgan fingerprint density at radius 2 is 1.38 bits per heavy atom. The van der Waals surface area contributed by atoms with Gasteiger partial charge in [0.25, 0.3) is 0 Å². The van der Waals surface area contributed by atoms with Gasteiger partial charge in [0.1, 0.15) is 5.54 Å². The summed E-state index contributed by atoms with van der Waals surface area (Å²) in [4.78, 5) is 4.52. The molecule has 0 fully saturated rings. The minimum Gasteiger partial charge on any atom is -0.259 e. The van der Waals surface area contributed by atoms with Crippen LogP contribution in [-0.4, -0.2) is 15.1 Å². The Balaban J connectivity index is 1.87. The lowest BCUT2D eigenvalue weighted by Crippen LogP contribution is -2.49. The second-order valence-corrected chi connectivity index (χ2v) is 11.7. The molecular formula is C30H26F6N2OS. The number of alkyl halides is 6. The van der Waals surface area contributed by atoms with Gasteiger partial charge in [0.05, 0.1) is 22.6 Å². The first-order chi connectivity index (χ1) is 18.7. The molecule has 3 nitrogen and oxygen atoms in total. The van der Waals surface area contributed by atoms with Crippen molar-refractivity contribution in [3.05, 3.63) is 136 Å². The smallest absolute Gasteiger partial charge is 0.259 e. The summed E-state index contributed by atoms with van der Waals surface area (Å²) < 4.78 is 97.6. The van der Waals surface area contributed by atoms with Gasteiger partial charge in [0.2, 0.25) is 0 Å². The molecule has 0 bridgehead atoms. The Kier molecular flexibility index (Phi) is 8.14. The standard InChI is InChI=1S/C30H26F6N2OS/c1-21-11-16-27(37-19-21)28(18-22-7-4-3-5-8-22,25-9-6-10-26(17-25)30(34,35)36)38-40(2,39)20-23-12-14-24(15-13-23)29(31,32)33/h3-17,19H,2,18,20H2,1H3,(H,38,39). The molecule has 0 amide bonds. The van der Waals surface area contributed by atoms with E-state index in [-0.39, 0.29) is 17.7 Å². The molecule has 1 N–H and O–H groups in total. The van der Waals surface area contributed by atoms with E-state index in [0.717, 1.165) is 35.4 Å². The van der Waals surface area contributed by atoms with Gasteiger partial charge in [0.15, 0.2) is 0 Å². The van der Waals surface area contributed by atoms with Gasteiger partial charge >= 0.3 is 12.4 Å². The number of hydrogen-bond acceptors (Lipinski definition) is 2. The van der Waals surface area contributed by atoms with Crippen molar-refractivity contribution < 1.29 is 30.6 Å². The topological polar surface area (TPSA) is 42.0 Å². The van der Waals surface area contributed by atoms with E-state index in [1.807, 2.05) is 6.92 Å². The first kappa shape index (κ1) is 29.4. The summed E-state index contributed by atoms with van der Waals surface area (Å²) in [5.74, 6) is 3.58. The van der Waals surface area contributed by atoms with E-state index in [1.54, 1.807) is 48.7 Å². The van der Waals surface area contributed by atoms with Gasteiger partial charge in [-0.1, -0.05) is 60.7 Å². The summed E-state index contributed by atoms with van der Waals surface area (Å²) in [5.41, 5.74) is -0.978. The number of aromatic nitrogens is 1. The lowest BCUT2D eigenvalue weighted by atomic mass is 9.81. The normalized spacial score (nSPS) is 15.3. The second kappa shape index (κ2) is 11.1. The summed E-state index contributed by atoms with van der Waals surface area (Å²) >= 11 is 0. The highest BCUT2D eigenvalue weighted by Crippen LogP contribution is 2.38. The molecule has 10 heteroatoms. The van der Waals surface area contributed by atoms with Crippen LogP contribution in [0.5, 0.6) is 0 Å². The van der Waals surface area contributed by atoms with E-state index in [2.05, 4.69) is 15.6 Å². The SMILES string of the molecule is C=S(=O)(Cc1ccc(C(F)(F)F)cc1)NC(Cc1ccccc1)(c1cccc(C(F)(F)F)c1)c1ccc(C)cn1. The fraction of sp³-hybridized carbons (Fsp3) is 0.200. The molecule has 1 aromatic heterocycles. The van der Waals surface area contributed by atoms with Crippen LogP contribution in [-0.2, 0) is 39.8 Å². The van der Waals surface area contributed by atoms with Crippen molar-refractivity contribution in [3.63, 3.8) is 0 Å². The number of hydrogen-bond donors (Lipinski definition) is 1. The van der Waals surface area contributed by atoms with Crippen LogP contribution < -0.4 is 4.72 Å². The second-order valence-electron chi connectivity index (χ2n) is 9.62. The molecule has 0 aliphatic rings. The lowest BCUT2D eigenvalue weighted by molar-refractivity contribution is -0.138. The van der Waals surface area contributed by atoms with Crippen molar-refractivity contribution in [2.24, 2.45) is 0 Å². The van der Waals surface area contributed by atoms with Gasteiger partial charge in [-0.3, -0.25) is 9.19 Å². The maximum atomic E-state index is 14.0. The first-order valence-electron chi connectivity index (χ1n) is 12.1. The molecule has 0 spiro atoms. The lowest BCUT2D eigenvalue weighted by Gasteiger charge is -2.37. The third-order valence-corrected chi connectivity index (χ3v) is 7.90. The molecule has 2 unspecified atom stereocenters. The number of pyridine rings is 1. The Morgan fingerprint density at radius 1 is 0.750 bits per heavy atom. The fourth-order valence-corrected chi connectivity index (χ4v) is 6.22. The highest BCUT2D eigenvalue weighted by atomic mass is 32.2. The molecule has 1 heterocycles. The molecule has 40 heavy (non-hydrogen) atoms. The van der Waals surface area contributed by atoms with Crippen LogP contribution in [0.1, 0.15) is 39.1 Å². The molecule has 3 aromatic carbocycles. The molecule has 210 valence electrons. The van der Waals surface area contributed by atoms with Crippen molar-refractivity contribution in [2.45, 2.75) is 37.0 Å². The Morgan fingerprint density at radius 3 is 1.95 bits per heavy atom. The van der Waals surface area contributed by atoms with E-state index >= 15 is 0 Å². The van der Waals surface area contributed by atoms with Gasteiger partial charge in [-0.2, -0.15) is 26.3 Å². The Hall–Kier alpha value is -3.63. The van der Waals surface area contributed by atoms with Crippen molar-refractivity contribution >= 4 is 15.6 Å². The van der Waals surface area contributed by atoms with E-state index in [9.17, 15) is 30.6 Å². The number of benzene rings is 3. The molecule has 4 rings (SSSR count). The Bertz CT molecular complexity index is 1550. The third kappa shape index (κ3) is 6.92. The molecular weight excluding hydrogens is 550 g/mol. The quantitative estimate of drug-likeness (QED) is 0.176. The maximum absolute atomic E-state index is 14.0. The predicted molar refractivity (Wildman–Crippen MR) is 145 cm³/mol. The summed E-state index contributed by atoms with van der Waals surface area (Å²) in [5, 5.41) is 0. The number of rotatable bonds is 8. The van der Waals surface area contributed by atoms with Crippen LogP contribution >= 0.6 is 0 Å². The molecule has 0 saturated heterocycles. The number of halogens is 6. The highest BCUT2D eigenvalue weighted by Gasteiger charge is 2.40. The molecule has 0 aliphatic carbocycles. The summed E-state index contributed by atoms with van der Waals surface area (Å²) in [6, 6.07) is 21.2. The minimum absolute atomic E-state index is 0.0603. The average molecular weight is 577 g/mol. The zero-order valence-corrected chi connectivity index (χ0v) is 22.2. The average Bonchev–Trinajstić information content (AvgIpc) is 2.88. The Labute approximate surface area is 229 Å². The van der Waals surface area contributed by atoms with Gasteiger partial charge < -0.3 is 0 Å². The van der Waals surface area contributed by atoms with Crippen molar-refractivity contribution in [3.8, 4) is 0 Å². The van der Waals surface area contributed by atoms with Gasteiger partial charge in [-0.05, 0) is 65.4 Å². The molecule has 0 radical (unpaired) electrons. The van der Waals surface area contributed by atoms with Crippen molar-refractivity contribution in [1.29, 1.82) is 0 Å². The van der Waals surface area contributed by atoms with Crippen LogP contribution in [0, 0.1) is 6.92 Å². The molecule has 2 atom stereocenters.